The van der Waals surface area contributed by atoms with E-state index in [1.165, 1.54) is 0 Å². The minimum Gasteiger partial charge on any atom is -0.342 e. The van der Waals surface area contributed by atoms with E-state index in [2.05, 4.69) is 15.7 Å². The molecular formula is C22H24N6O3. The lowest BCUT2D eigenvalue weighted by Gasteiger charge is -2.37. The number of likely N-dealkylation sites (tertiary alicyclic amines) is 1. The number of imide groups is 1. The summed E-state index contributed by atoms with van der Waals surface area (Å²) in [5, 5.41) is 10.7. The number of piperidine rings is 1. The van der Waals surface area contributed by atoms with Crippen molar-refractivity contribution in [2.24, 2.45) is 0 Å². The molecule has 2 aliphatic heterocycles. The molecule has 2 fully saturated rings. The molecule has 0 bridgehead atoms. The number of benzene rings is 1. The van der Waals surface area contributed by atoms with E-state index >= 15 is 0 Å². The van der Waals surface area contributed by atoms with Crippen LogP contribution in [0.2, 0.25) is 0 Å². The van der Waals surface area contributed by atoms with Crippen molar-refractivity contribution in [2.45, 2.75) is 45.1 Å². The smallest absolute Gasteiger partial charge is 0.322 e. The van der Waals surface area contributed by atoms with Gasteiger partial charge in [-0.3, -0.25) is 14.9 Å². The third kappa shape index (κ3) is 3.11. The van der Waals surface area contributed by atoms with Crippen LogP contribution in [0.4, 0.5) is 4.79 Å². The van der Waals surface area contributed by atoms with Crippen molar-refractivity contribution in [1.82, 2.24) is 30.1 Å². The second-order valence-corrected chi connectivity index (χ2v) is 8.38. The van der Waals surface area contributed by atoms with Gasteiger partial charge in [-0.25, -0.2) is 14.3 Å². The summed E-state index contributed by atoms with van der Waals surface area (Å²) in [4.78, 5) is 43.0. The molecule has 0 aliphatic carbocycles. The molecule has 31 heavy (non-hydrogen) atoms. The normalized spacial score (nSPS) is 18.1. The molecule has 9 nitrogen and oxygen atoms in total. The highest BCUT2D eigenvalue weighted by Crippen LogP contribution is 2.27. The molecule has 0 saturated carbocycles. The Labute approximate surface area is 178 Å². The standard InChI is InChI=1S/C22H24N6O3/c1-13-15(14(2)28-19(23-13)16-5-3-4-6-17(16)26-28)7-8-18(29)27-11-9-22(10-12-27)20(30)24-21(31)25-22/h3-6H,7-12H2,1-2H3,(H2,24,25,30,31). The first-order valence-electron chi connectivity index (χ1n) is 10.5. The number of nitrogens with one attached hydrogen (secondary N) is 2. The maximum Gasteiger partial charge on any atom is 0.322 e. The summed E-state index contributed by atoms with van der Waals surface area (Å²) in [5.74, 6) is -0.244. The number of urea groups is 1. The van der Waals surface area contributed by atoms with E-state index in [1.54, 1.807) is 4.90 Å². The number of carbonyl (C=O) groups excluding carboxylic acids is 3. The second-order valence-electron chi connectivity index (χ2n) is 8.38. The van der Waals surface area contributed by atoms with Crippen LogP contribution in [0, 0.1) is 13.8 Å². The van der Waals surface area contributed by atoms with Crippen molar-refractivity contribution in [3.8, 4) is 0 Å². The van der Waals surface area contributed by atoms with E-state index < -0.39 is 11.6 Å². The molecule has 3 aromatic rings. The Hall–Kier alpha value is -3.49. The summed E-state index contributed by atoms with van der Waals surface area (Å²) < 4.78 is 1.86. The summed E-state index contributed by atoms with van der Waals surface area (Å²) in [6.07, 6.45) is 1.80. The SMILES string of the molecule is Cc1nc2c3ccccc3nn2c(C)c1CCC(=O)N1CCC2(CC1)NC(=O)NC2=O. The van der Waals surface area contributed by atoms with Gasteiger partial charge in [-0.15, -0.1) is 0 Å². The monoisotopic (exact) mass is 420 g/mol. The van der Waals surface area contributed by atoms with E-state index in [0.29, 0.717) is 38.8 Å². The molecule has 0 radical (unpaired) electrons. The molecule has 5 rings (SSSR count). The average molecular weight is 420 g/mol. The van der Waals surface area contributed by atoms with Crippen LogP contribution in [0.5, 0.6) is 0 Å². The number of carbonyl (C=O) groups is 3. The van der Waals surface area contributed by atoms with E-state index in [0.717, 1.165) is 33.5 Å². The molecule has 160 valence electrons. The molecule has 9 heteroatoms. The fourth-order valence-electron chi connectivity index (χ4n) is 4.75. The Morgan fingerprint density at radius 2 is 1.90 bits per heavy atom. The van der Waals surface area contributed by atoms with Crippen LogP contribution in [0.3, 0.4) is 0 Å². The van der Waals surface area contributed by atoms with Gasteiger partial charge in [0.15, 0.2) is 5.65 Å². The number of hydrogen-bond acceptors (Lipinski definition) is 5. The van der Waals surface area contributed by atoms with Crippen molar-refractivity contribution in [2.75, 3.05) is 13.1 Å². The molecule has 4 amide bonds. The highest BCUT2D eigenvalue weighted by Gasteiger charge is 2.48. The maximum absolute atomic E-state index is 12.8. The minimum atomic E-state index is -0.863. The third-order valence-corrected chi connectivity index (χ3v) is 6.59. The lowest BCUT2D eigenvalue weighted by Crippen LogP contribution is -2.55. The van der Waals surface area contributed by atoms with Gasteiger partial charge in [-0.1, -0.05) is 12.1 Å². The van der Waals surface area contributed by atoms with Crippen LogP contribution >= 0.6 is 0 Å². The Kier molecular flexibility index (Phi) is 4.42. The van der Waals surface area contributed by atoms with Gasteiger partial charge in [0.05, 0.1) is 5.52 Å². The number of nitrogens with zero attached hydrogens (tertiary/aromatic N) is 4. The zero-order valence-electron chi connectivity index (χ0n) is 17.6. The van der Waals surface area contributed by atoms with Gasteiger partial charge in [0, 0.05) is 36.3 Å². The van der Waals surface area contributed by atoms with Crippen LogP contribution in [-0.2, 0) is 16.0 Å². The summed E-state index contributed by atoms with van der Waals surface area (Å²) in [7, 11) is 0. The van der Waals surface area contributed by atoms with Gasteiger partial charge >= 0.3 is 6.03 Å². The summed E-state index contributed by atoms with van der Waals surface area (Å²) in [6, 6.07) is 7.47. The molecule has 0 atom stereocenters. The van der Waals surface area contributed by atoms with E-state index in [4.69, 9.17) is 4.98 Å². The summed E-state index contributed by atoms with van der Waals surface area (Å²) in [6.45, 7) is 4.89. The second kappa shape index (κ2) is 7.04. The van der Waals surface area contributed by atoms with Crippen LogP contribution in [-0.4, -0.2) is 56.0 Å². The van der Waals surface area contributed by atoms with Gasteiger partial charge in [0.25, 0.3) is 5.91 Å². The summed E-state index contributed by atoms with van der Waals surface area (Å²) >= 11 is 0. The number of aromatic nitrogens is 3. The topological polar surface area (TPSA) is 109 Å². The highest BCUT2D eigenvalue weighted by atomic mass is 16.2. The molecule has 2 N–H and O–H groups in total. The number of aryl methyl sites for hydroxylation is 2. The van der Waals surface area contributed by atoms with E-state index in [-0.39, 0.29) is 11.8 Å². The Bertz CT molecular complexity index is 1240. The molecular weight excluding hydrogens is 396 g/mol. The third-order valence-electron chi connectivity index (χ3n) is 6.59. The molecule has 1 spiro atoms. The lowest BCUT2D eigenvalue weighted by atomic mass is 9.87. The van der Waals surface area contributed by atoms with Crippen molar-refractivity contribution in [3.63, 3.8) is 0 Å². The Morgan fingerprint density at radius 1 is 1.16 bits per heavy atom. The van der Waals surface area contributed by atoms with Gasteiger partial charge in [0.2, 0.25) is 5.91 Å². The number of fused-ring (bicyclic) bond motifs is 3. The predicted molar refractivity (Wildman–Crippen MR) is 114 cm³/mol. The zero-order chi connectivity index (χ0) is 21.8. The fraction of sp³-hybridized carbons (Fsp3) is 0.409. The van der Waals surface area contributed by atoms with E-state index in [9.17, 15) is 14.4 Å². The highest BCUT2D eigenvalue weighted by molar-refractivity contribution is 6.07. The van der Waals surface area contributed by atoms with Crippen LogP contribution in [0.25, 0.3) is 16.6 Å². The number of hydrogen-bond donors (Lipinski definition) is 2. The first kappa shape index (κ1) is 19.5. The van der Waals surface area contributed by atoms with E-state index in [1.807, 2.05) is 42.6 Å². The molecule has 2 saturated heterocycles. The predicted octanol–water partition coefficient (Wildman–Crippen LogP) is 1.63. The van der Waals surface area contributed by atoms with Gasteiger partial charge in [-0.2, -0.15) is 5.10 Å². The number of amides is 4. The maximum atomic E-state index is 12.8. The minimum absolute atomic E-state index is 0.0455. The quantitative estimate of drug-likeness (QED) is 0.626. The van der Waals surface area contributed by atoms with Gasteiger partial charge in [0.1, 0.15) is 5.54 Å². The average Bonchev–Trinajstić information content (AvgIpc) is 3.25. The van der Waals surface area contributed by atoms with Crippen molar-refractivity contribution in [1.29, 1.82) is 0 Å². The zero-order valence-corrected chi connectivity index (χ0v) is 17.6. The Morgan fingerprint density at radius 3 is 2.61 bits per heavy atom. The first-order valence-corrected chi connectivity index (χ1v) is 10.5. The first-order chi connectivity index (χ1) is 14.9. The van der Waals surface area contributed by atoms with Gasteiger partial charge < -0.3 is 10.2 Å². The van der Waals surface area contributed by atoms with Crippen LogP contribution in [0.15, 0.2) is 24.3 Å². The van der Waals surface area contributed by atoms with Crippen LogP contribution in [0.1, 0.15) is 36.2 Å². The van der Waals surface area contributed by atoms with Crippen molar-refractivity contribution < 1.29 is 14.4 Å². The molecule has 4 heterocycles. The lowest BCUT2D eigenvalue weighted by molar-refractivity contribution is -0.135. The van der Waals surface area contributed by atoms with Crippen LogP contribution < -0.4 is 10.6 Å². The molecule has 2 aliphatic rings. The number of rotatable bonds is 3. The van der Waals surface area contributed by atoms with Crippen molar-refractivity contribution in [3.05, 3.63) is 41.2 Å². The molecule has 0 unspecified atom stereocenters. The van der Waals surface area contributed by atoms with Crippen molar-refractivity contribution >= 4 is 34.4 Å². The summed E-state index contributed by atoms with van der Waals surface area (Å²) in [5.41, 5.74) is 3.80. The Balaban J connectivity index is 1.30. The molecule has 2 aromatic heterocycles. The van der Waals surface area contributed by atoms with Gasteiger partial charge in [-0.05, 0) is 50.8 Å². The fourth-order valence-corrected chi connectivity index (χ4v) is 4.75. The molecule has 1 aromatic carbocycles. The largest absolute Gasteiger partial charge is 0.342 e.